The minimum absolute atomic E-state index is 0.113. The number of hydrogen-bond acceptors (Lipinski definition) is 7. The minimum atomic E-state index is -1.79. The van der Waals surface area contributed by atoms with Crippen LogP contribution in [0.25, 0.3) is 0 Å². The summed E-state index contributed by atoms with van der Waals surface area (Å²) in [5, 5.41) is 0. The summed E-state index contributed by atoms with van der Waals surface area (Å²) in [6.07, 6.45) is 33.4. The first-order valence-corrected chi connectivity index (χ1v) is 39.0. The Morgan fingerprint density at radius 3 is 1.32 bits per heavy atom. The van der Waals surface area contributed by atoms with Crippen molar-refractivity contribution in [2.24, 2.45) is 0 Å². The smallest absolute Gasteiger partial charge is 0.334 e. The molecule has 7 atom stereocenters. The van der Waals surface area contributed by atoms with E-state index in [-0.39, 0.29) is 42.6 Å². The van der Waals surface area contributed by atoms with Crippen LogP contribution >= 0.6 is 0 Å². The number of carbonyl (C=O) groups excluding carboxylic acids is 1. The molecule has 1 fully saturated rings. The molecule has 2 rings (SSSR count). The van der Waals surface area contributed by atoms with E-state index in [0.717, 1.165) is 56.9 Å². The number of esters is 1. The predicted molar refractivity (Wildman–Crippen MR) is 266 cm³/mol. The molecule has 60 heavy (non-hydrogen) atoms. The second-order valence-corrected chi connectivity index (χ2v) is 40.5. The van der Waals surface area contributed by atoms with E-state index in [4.69, 9.17) is 27.2 Å². The van der Waals surface area contributed by atoms with Crippen LogP contribution in [0.5, 0.6) is 0 Å². The first-order valence-electron chi connectivity index (χ1n) is 25.3. The van der Waals surface area contributed by atoms with E-state index in [1.54, 1.807) is 0 Å². The quantitative estimate of drug-likeness (QED) is 0.0352. The third-order valence-electron chi connectivity index (χ3n) is 11.6. The summed E-state index contributed by atoms with van der Waals surface area (Å²) >= 11 is 0. The van der Waals surface area contributed by atoms with Crippen LogP contribution < -0.4 is 0 Å². The molecule has 0 spiro atoms. The van der Waals surface area contributed by atoms with Crippen LogP contribution in [0.15, 0.2) is 11.6 Å². The fourth-order valence-corrected chi connectivity index (χ4v) is 13.9. The molecule has 0 aromatic heterocycles. The highest BCUT2D eigenvalue weighted by Crippen LogP contribution is 2.34. The standard InChI is InChI=1S/C49H100O7Si4/c1-15-16-17-18-19-20-21-25-28-31-34-47(55-59(9,10)11)45-37-38-46(52-45)48(56-60(12,13)14)36-35-43(53-57(3,4)5)32-29-26-23-22-24-27-30-33-44(54-58(6,7)8)40-42-39-41(2)51-49(42)50/h39,41,43-48H,15-38,40H2,1-14H3/t41-,43-,44+,45+,46+,47-,48+/m0/s1. The van der Waals surface area contributed by atoms with Crippen molar-refractivity contribution >= 4 is 39.2 Å². The lowest BCUT2D eigenvalue weighted by Crippen LogP contribution is -2.42. The number of ether oxygens (including phenoxy) is 2. The molecule has 0 N–H and O–H groups in total. The zero-order valence-corrected chi connectivity index (χ0v) is 46.2. The molecule has 7 nitrogen and oxygen atoms in total. The van der Waals surface area contributed by atoms with Gasteiger partial charge in [-0.15, -0.1) is 0 Å². The lowest BCUT2D eigenvalue weighted by atomic mass is 9.98. The molecular weight excluding hydrogens is 813 g/mol. The van der Waals surface area contributed by atoms with Gasteiger partial charge in [-0.25, -0.2) is 4.79 Å². The molecule has 2 aliphatic heterocycles. The number of unbranched alkanes of at least 4 members (excludes halogenated alkanes) is 15. The Morgan fingerprint density at radius 2 is 0.900 bits per heavy atom. The summed E-state index contributed by atoms with van der Waals surface area (Å²) in [5.41, 5.74) is 0.799. The summed E-state index contributed by atoms with van der Waals surface area (Å²) in [6.45, 7) is 31.9. The third kappa shape index (κ3) is 27.9. The first-order chi connectivity index (χ1) is 28.0. The van der Waals surface area contributed by atoms with Gasteiger partial charge in [-0.3, -0.25) is 0 Å². The van der Waals surface area contributed by atoms with E-state index in [1.807, 2.05) is 13.0 Å². The van der Waals surface area contributed by atoms with Crippen molar-refractivity contribution in [3.63, 3.8) is 0 Å². The van der Waals surface area contributed by atoms with Gasteiger partial charge in [-0.1, -0.05) is 116 Å². The summed E-state index contributed by atoms with van der Waals surface area (Å²) in [4.78, 5) is 12.3. The Hall–Kier alpha value is -0.122. The van der Waals surface area contributed by atoms with E-state index in [1.165, 1.54) is 103 Å². The summed E-state index contributed by atoms with van der Waals surface area (Å²) in [5.74, 6) is -0.161. The van der Waals surface area contributed by atoms with E-state index < -0.39 is 33.3 Å². The third-order valence-corrected chi connectivity index (χ3v) is 15.7. The van der Waals surface area contributed by atoms with Crippen LogP contribution in [0.2, 0.25) is 78.6 Å². The van der Waals surface area contributed by atoms with Crippen molar-refractivity contribution in [3.8, 4) is 0 Å². The molecule has 1 saturated heterocycles. The number of cyclic esters (lactones) is 1. The average molecular weight is 914 g/mol. The van der Waals surface area contributed by atoms with Crippen molar-refractivity contribution in [1.82, 2.24) is 0 Å². The molecule has 0 aromatic carbocycles. The van der Waals surface area contributed by atoms with Gasteiger partial charge in [0.2, 0.25) is 0 Å². The highest BCUT2D eigenvalue weighted by molar-refractivity contribution is 6.70. The number of rotatable bonds is 36. The monoisotopic (exact) mass is 913 g/mol. The fourth-order valence-electron chi connectivity index (χ4n) is 9.09. The zero-order valence-electron chi connectivity index (χ0n) is 42.2. The Labute approximate surface area is 376 Å². The molecular formula is C49H100O7Si4. The van der Waals surface area contributed by atoms with E-state index in [9.17, 15) is 4.79 Å². The molecule has 0 saturated carbocycles. The Bertz CT molecular complexity index is 1170. The lowest BCUT2D eigenvalue weighted by Gasteiger charge is -2.34. The van der Waals surface area contributed by atoms with E-state index >= 15 is 0 Å². The van der Waals surface area contributed by atoms with Crippen molar-refractivity contribution in [1.29, 1.82) is 0 Å². The Balaban J connectivity index is 1.84. The SMILES string of the molecule is CCCCCCCCCCCC[C@H](O[Si](C)(C)C)[C@H]1CC[C@H]([C@@H](CC[C@H](CCCCCCCCC[C@H](CC2=C[C@H](C)OC2=O)O[Si](C)(C)C)O[Si](C)(C)C)O[Si](C)(C)C)O1. The largest absolute Gasteiger partial charge is 0.455 e. The summed E-state index contributed by atoms with van der Waals surface area (Å²) in [6, 6.07) is 0. The second-order valence-electron chi connectivity index (χ2n) is 22.6. The van der Waals surface area contributed by atoms with E-state index in [0.29, 0.717) is 12.5 Å². The van der Waals surface area contributed by atoms with Gasteiger partial charge in [-0.2, -0.15) is 0 Å². The molecule has 0 aromatic rings. The van der Waals surface area contributed by atoms with Crippen LogP contribution in [-0.4, -0.2) is 82.0 Å². The predicted octanol–water partition coefficient (Wildman–Crippen LogP) is 15.3. The van der Waals surface area contributed by atoms with Gasteiger partial charge in [-0.05, 0) is 137 Å². The van der Waals surface area contributed by atoms with Gasteiger partial charge in [0.15, 0.2) is 33.3 Å². The molecule has 354 valence electrons. The maximum atomic E-state index is 12.3. The molecule has 2 heterocycles. The topological polar surface area (TPSA) is 72.5 Å². The fraction of sp³-hybridized carbons (Fsp3) is 0.939. The van der Waals surface area contributed by atoms with Crippen LogP contribution in [-0.2, 0) is 32.0 Å². The molecule has 0 unspecified atom stereocenters. The molecule has 0 bridgehead atoms. The van der Waals surface area contributed by atoms with Crippen LogP contribution in [0.3, 0.4) is 0 Å². The highest BCUT2D eigenvalue weighted by atomic mass is 28.4. The number of hydrogen-bond donors (Lipinski definition) is 0. The van der Waals surface area contributed by atoms with Gasteiger partial charge < -0.3 is 27.2 Å². The Kier molecular flexibility index (Phi) is 26.8. The Morgan fingerprint density at radius 1 is 0.517 bits per heavy atom. The first kappa shape index (κ1) is 56.0. The van der Waals surface area contributed by atoms with Gasteiger partial charge in [0.05, 0.1) is 24.4 Å². The van der Waals surface area contributed by atoms with Crippen molar-refractivity contribution in [3.05, 3.63) is 11.6 Å². The van der Waals surface area contributed by atoms with Gasteiger partial charge >= 0.3 is 5.97 Å². The van der Waals surface area contributed by atoms with Gasteiger partial charge in [0.25, 0.3) is 0 Å². The van der Waals surface area contributed by atoms with Crippen molar-refractivity contribution in [2.75, 3.05) is 0 Å². The van der Waals surface area contributed by atoms with Crippen molar-refractivity contribution in [2.45, 2.75) is 296 Å². The average Bonchev–Trinajstić information content (AvgIpc) is 3.72. The second kappa shape index (κ2) is 28.7. The van der Waals surface area contributed by atoms with E-state index in [2.05, 4.69) is 85.5 Å². The van der Waals surface area contributed by atoms with Crippen LogP contribution in [0.4, 0.5) is 0 Å². The minimum Gasteiger partial charge on any atom is -0.455 e. The maximum Gasteiger partial charge on any atom is 0.334 e. The van der Waals surface area contributed by atoms with Gasteiger partial charge in [0.1, 0.15) is 6.10 Å². The zero-order chi connectivity index (χ0) is 44.8. The molecule has 2 aliphatic rings. The van der Waals surface area contributed by atoms with Crippen molar-refractivity contribution < 1.29 is 32.0 Å². The highest BCUT2D eigenvalue weighted by Gasteiger charge is 2.40. The summed E-state index contributed by atoms with van der Waals surface area (Å²) in [7, 11) is -6.90. The molecule has 0 aliphatic carbocycles. The summed E-state index contributed by atoms with van der Waals surface area (Å²) < 4.78 is 39.6. The number of carbonyl (C=O) groups is 1. The maximum absolute atomic E-state index is 12.3. The van der Waals surface area contributed by atoms with Crippen LogP contribution in [0.1, 0.15) is 174 Å². The van der Waals surface area contributed by atoms with Gasteiger partial charge in [0, 0.05) is 24.2 Å². The lowest BCUT2D eigenvalue weighted by molar-refractivity contribution is -0.139. The molecule has 0 radical (unpaired) electrons. The molecule has 11 heteroatoms. The normalized spacial score (nSPS) is 21.3. The molecule has 0 amide bonds. The van der Waals surface area contributed by atoms with Crippen LogP contribution in [0, 0.1) is 0 Å².